The van der Waals surface area contributed by atoms with E-state index in [1.165, 1.54) is 27.8 Å². The van der Waals surface area contributed by atoms with E-state index in [2.05, 4.69) is 72.2 Å². The molecule has 3 aromatic rings. The summed E-state index contributed by atoms with van der Waals surface area (Å²) in [6, 6.07) is 16.7. The summed E-state index contributed by atoms with van der Waals surface area (Å²) in [5.74, 6) is 3.12. The van der Waals surface area contributed by atoms with Crippen molar-refractivity contribution in [1.29, 1.82) is 0 Å². The van der Waals surface area contributed by atoms with Gasteiger partial charge in [-0.05, 0) is 124 Å². The monoisotopic (exact) mass is 626 g/mol. The van der Waals surface area contributed by atoms with Gasteiger partial charge in [0.05, 0.1) is 39.0 Å². The molecule has 0 fully saturated rings. The van der Waals surface area contributed by atoms with Crippen LogP contribution in [0.4, 0.5) is 0 Å². The Labute approximate surface area is 275 Å². The largest absolute Gasteiger partial charge is 0.490 e. The second kappa shape index (κ2) is 15.5. The lowest BCUT2D eigenvalue weighted by Gasteiger charge is -2.39. The Bertz CT molecular complexity index is 1550. The second-order valence-corrected chi connectivity index (χ2v) is 12.0. The third kappa shape index (κ3) is 7.52. The highest BCUT2D eigenvalue weighted by atomic mass is 16.5. The zero-order valence-corrected chi connectivity index (χ0v) is 28.5. The SMILES string of the molecule is CCOc1ccc(CC2c3cc(OCC)c(OCC)cc3CCN2C(=O)CN2CC=C(c3cccc(C)c3C)CC2)cc1OCC. The van der Waals surface area contributed by atoms with E-state index in [1.807, 2.05) is 33.8 Å². The van der Waals surface area contributed by atoms with Crippen LogP contribution in [0.15, 0.2) is 54.6 Å². The van der Waals surface area contributed by atoms with E-state index < -0.39 is 0 Å². The highest BCUT2D eigenvalue weighted by molar-refractivity contribution is 5.80. The van der Waals surface area contributed by atoms with Crippen molar-refractivity contribution in [1.82, 2.24) is 9.80 Å². The summed E-state index contributed by atoms with van der Waals surface area (Å²) in [5.41, 5.74) is 8.78. The highest BCUT2D eigenvalue weighted by Gasteiger charge is 2.33. The molecule has 0 aliphatic carbocycles. The number of hydrogen-bond donors (Lipinski definition) is 0. The molecular weight excluding hydrogens is 576 g/mol. The predicted molar refractivity (Wildman–Crippen MR) is 184 cm³/mol. The van der Waals surface area contributed by atoms with Gasteiger partial charge in [0.1, 0.15) is 0 Å². The summed E-state index contributed by atoms with van der Waals surface area (Å²) >= 11 is 0. The van der Waals surface area contributed by atoms with Gasteiger partial charge >= 0.3 is 0 Å². The van der Waals surface area contributed by atoms with E-state index in [1.54, 1.807) is 0 Å². The lowest BCUT2D eigenvalue weighted by atomic mass is 9.87. The molecule has 3 aromatic carbocycles. The van der Waals surface area contributed by atoms with Crippen LogP contribution in [0, 0.1) is 13.8 Å². The van der Waals surface area contributed by atoms with Crippen molar-refractivity contribution in [2.75, 3.05) is 52.6 Å². The van der Waals surface area contributed by atoms with Gasteiger partial charge in [0, 0.05) is 19.6 Å². The van der Waals surface area contributed by atoms with E-state index in [-0.39, 0.29) is 11.9 Å². The molecule has 2 aliphatic rings. The first-order chi connectivity index (χ1) is 22.4. The molecule has 7 nitrogen and oxygen atoms in total. The van der Waals surface area contributed by atoms with Crippen LogP contribution in [0.3, 0.4) is 0 Å². The first-order valence-corrected chi connectivity index (χ1v) is 16.9. The average Bonchev–Trinajstić information content (AvgIpc) is 3.05. The molecule has 2 aliphatic heterocycles. The minimum absolute atomic E-state index is 0.149. The van der Waals surface area contributed by atoms with Crippen LogP contribution >= 0.6 is 0 Å². The summed E-state index contributed by atoms with van der Waals surface area (Å²) in [4.78, 5) is 18.5. The van der Waals surface area contributed by atoms with Crippen molar-refractivity contribution in [3.8, 4) is 23.0 Å². The molecule has 0 aromatic heterocycles. The number of benzene rings is 3. The predicted octanol–water partition coefficient (Wildman–Crippen LogP) is 7.36. The number of hydrogen-bond acceptors (Lipinski definition) is 6. The van der Waals surface area contributed by atoms with Crippen molar-refractivity contribution < 1.29 is 23.7 Å². The molecule has 0 saturated carbocycles. The summed E-state index contributed by atoms with van der Waals surface area (Å²) in [6.07, 6.45) is 4.67. The molecule has 1 unspecified atom stereocenters. The molecule has 46 heavy (non-hydrogen) atoms. The summed E-state index contributed by atoms with van der Waals surface area (Å²) < 4.78 is 23.8. The topological polar surface area (TPSA) is 60.5 Å². The number of nitrogens with zero attached hydrogens (tertiary/aromatic N) is 2. The van der Waals surface area contributed by atoms with Crippen LogP contribution in [0.5, 0.6) is 23.0 Å². The van der Waals surface area contributed by atoms with Crippen LogP contribution in [0.1, 0.15) is 73.5 Å². The first-order valence-electron chi connectivity index (χ1n) is 16.9. The highest BCUT2D eigenvalue weighted by Crippen LogP contribution is 2.41. The van der Waals surface area contributed by atoms with Crippen LogP contribution < -0.4 is 18.9 Å². The quantitative estimate of drug-likeness (QED) is 0.198. The van der Waals surface area contributed by atoms with Gasteiger partial charge in [-0.15, -0.1) is 0 Å². The van der Waals surface area contributed by atoms with Crippen molar-refractivity contribution in [3.63, 3.8) is 0 Å². The van der Waals surface area contributed by atoms with Crippen LogP contribution in [-0.4, -0.2) is 68.3 Å². The summed E-state index contributed by atoms with van der Waals surface area (Å²) in [6.45, 7) is 17.2. The fraction of sp³-hybridized carbons (Fsp3) is 0.462. The summed E-state index contributed by atoms with van der Waals surface area (Å²) in [7, 11) is 0. The maximum Gasteiger partial charge on any atom is 0.237 e. The van der Waals surface area contributed by atoms with E-state index in [9.17, 15) is 4.79 Å². The molecule has 5 rings (SSSR count). The van der Waals surface area contributed by atoms with Crippen LogP contribution in [-0.2, 0) is 17.6 Å². The molecule has 0 radical (unpaired) electrons. The van der Waals surface area contributed by atoms with Gasteiger partial charge in [0.2, 0.25) is 5.91 Å². The second-order valence-electron chi connectivity index (χ2n) is 12.0. The van der Waals surface area contributed by atoms with Gasteiger partial charge in [-0.25, -0.2) is 0 Å². The molecule has 246 valence electrons. The minimum Gasteiger partial charge on any atom is -0.490 e. The van der Waals surface area contributed by atoms with Crippen LogP contribution in [0.25, 0.3) is 5.57 Å². The zero-order chi connectivity index (χ0) is 32.6. The molecule has 0 N–H and O–H groups in total. The number of amides is 1. The lowest BCUT2D eigenvalue weighted by molar-refractivity contribution is -0.135. The average molecular weight is 627 g/mol. The molecule has 2 heterocycles. The van der Waals surface area contributed by atoms with Crippen molar-refractivity contribution in [2.24, 2.45) is 0 Å². The molecule has 7 heteroatoms. The Balaban J connectivity index is 1.42. The van der Waals surface area contributed by atoms with Crippen molar-refractivity contribution in [3.05, 3.63) is 88.0 Å². The maximum atomic E-state index is 14.2. The van der Waals surface area contributed by atoms with E-state index >= 15 is 0 Å². The van der Waals surface area contributed by atoms with Gasteiger partial charge in [0.15, 0.2) is 23.0 Å². The number of carbonyl (C=O) groups is 1. The first kappa shape index (κ1) is 33.4. The molecule has 0 saturated heterocycles. The fourth-order valence-corrected chi connectivity index (χ4v) is 6.69. The number of carbonyl (C=O) groups excluding carboxylic acids is 1. The maximum absolute atomic E-state index is 14.2. The van der Waals surface area contributed by atoms with Gasteiger partial charge in [-0.3, -0.25) is 9.69 Å². The fourth-order valence-electron chi connectivity index (χ4n) is 6.69. The molecular formula is C39H50N2O5. The molecule has 1 amide bonds. The minimum atomic E-state index is -0.149. The Morgan fingerprint density at radius 2 is 1.46 bits per heavy atom. The Hall–Kier alpha value is -3.97. The zero-order valence-electron chi connectivity index (χ0n) is 28.5. The van der Waals surface area contributed by atoms with E-state index in [0.29, 0.717) is 45.9 Å². The third-order valence-electron chi connectivity index (χ3n) is 9.12. The molecule has 0 spiro atoms. The Morgan fingerprint density at radius 3 is 2.13 bits per heavy atom. The third-order valence-corrected chi connectivity index (χ3v) is 9.12. The van der Waals surface area contributed by atoms with E-state index in [4.69, 9.17) is 18.9 Å². The number of ether oxygens (including phenoxy) is 4. The number of fused-ring (bicyclic) bond motifs is 1. The Kier molecular flexibility index (Phi) is 11.3. The van der Waals surface area contributed by atoms with Gasteiger partial charge in [0.25, 0.3) is 0 Å². The van der Waals surface area contributed by atoms with Crippen molar-refractivity contribution in [2.45, 2.75) is 66.8 Å². The Morgan fingerprint density at radius 1 is 0.783 bits per heavy atom. The van der Waals surface area contributed by atoms with E-state index in [0.717, 1.165) is 60.1 Å². The van der Waals surface area contributed by atoms with Crippen molar-refractivity contribution >= 4 is 11.5 Å². The summed E-state index contributed by atoms with van der Waals surface area (Å²) in [5, 5.41) is 0. The molecule has 1 atom stereocenters. The van der Waals surface area contributed by atoms with Gasteiger partial charge < -0.3 is 23.8 Å². The number of aryl methyl sites for hydroxylation is 1. The van der Waals surface area contributed by atoms with Gasteiger partial charge in [-0.2, -0.15) is 0 Å². The smallest absolute Gasteiger partial charge is 0.237 e. The molecule has 0 bridgehead atoms. The number of rotatable bonds is 13. The lowest BCUT2D eigenvalue weighted by Crippen LogP contribution is -2.46. The standard InChI is InChI=1S/C39H50N2O5/c1-7-43-35-15-14-29(23-36(35)44-8-2)22-34-33-25-38(46-10-4)37(45-9-3)24-31(33)18-21-41(34)39(42)26-40-19-16-30(17-20-40)32-13-11-12-27(5)28(32)6/h11-16,23-25,34H,7-10,17-22,26H2,1-6H3. The normalized spacial score (nSPS) is 16.4. The van der Waals surface area contributed by atoms with Gasteiger partial charge in [-0.1, -0.05) is 30.3 Å². The van der Waals surface area contributed by atoms with Crippen LogP contribution in [0.2, 0.25) is 0 Å².